The molecule has 1 aliphatic carbocycles. The lowest BCUT2D eigenvalue weighted by Crippen LogP contribution is -2.56. The second kappa shape index (κ2) is 3.22. The van der Waals surface area contributed by atoms with Crippen LogP contribution in [0.3, 0.4) is 0 Å². The van der Waals surface area contributed by atoms with Crippen LogP contribution in [0.25, 0.3) is 0 Å². The molecule has 4 heteroatoms. The molecule has 2 aliphatic rings. The van der Waals surface area contributed by atoms with Crippen molar-refractivity contribution >= 4 is 11.9 Å². The number of nitrogens with zero attached hydrogens (tertiary/aromatic N) is 2. The monoisotopic (exact) mass is 223 g/mol. The molecular formula is C12H21N3O. The maximum atomic E-state index is 11.8. The molecule has 2 rings (SSSR count). The smallest absolute Gasteiger partial charge is 0.346 e. The van der Waals surface area contributed by atoms with Crippen LogP contribution in [0.15, 0.2) is 4.99 Å². The third kappa shape index (κ3) is 1.28. The summed E-state index contributed by atoms with van der Waals surface area (Å²) in [5.41, 5.74) is 5.95. The van der Waals surface area contributed by atoms with Crippen molar-refractivity contribution in [2.24, 2.45) is 22.1 Å². The maximum Gasteiger partial charge on any atom is 0.346 e. The first-order valence-corrected chi connectivity index (χ1v) is 6.00. The number of likely N-dealkylation sites (N-methyl/N-ethyl adjacent to an activating group) is 1. The molecule has 0 saturated heterocycles. The number of hydrogen-bond acceptors (Lipinski definition) is 2. The molecule has 1 spiro atoms. The van der Waals surface area contributed by atoms with Crippen molar-refractivity contribution in [3.8, 4) is 0 Å². The number of aliphatic imine (C=N–C) groups is 1. The maximum absolute atomic E-state index is 11.8. The highest BCUT2D eigenvalue weighted by Gasteiger charge is 2.58. The number of nitrogens with two attached hydrogens (primary N) is 1. The normalized spacial score (nSPS) is 37.2. The minimum Gasteiger partial charge on any atom is -0.385 e. The Morgan fingerprint density at radius 2 is 2.19 bits per heavy atom. The van der Waals surface area contributed by atoms with Crippen LogP contribution in [-0.4, -0.2) is 28.9 Å². The van der Waals surface area contributed by atoms with Gasteiger partial charge in [-0.2, -0.15) is 4.99 Å². The Kier molecular flexibility index (Phi) is 2.30. The lowest BCUT2D eigenvalue weighted by molar-refractivity contribution is 0.152. The molecule has 0 radical (unpaired) electrons. The number of rotatable bonds is 1. The van der Waals surface area contributed by atoms with Gasteiger partial charge in [-0.05, 0) is 31.1 Å². The Bertz CT molecular complexity index is 361. The summed E-state index contributed by atoms with van der Waals surface area (Å²) < 4.78 is 0. The molecule has 1 aliphatic heterocycles. The standard InChI is InChI=1S/C12H21N3O/c1-5-15-10(16)14-9(13)12(15)7-11(3,4)6-8(12)2/h8H,5-7H2,1-4H3,(H2,13,14,16). The Morgan fingerprint density at radius 1 is 1.56 bits per heavy atom. The van der Waals surface area contributed by atoms with E-state index in [0.717, 1.165) is 12.8 Å². The molecule has 0 bridgehead atoms. The fourth-order valence-corrected chi connectivity index (χ4v) is 3.66. The lowest BCUT2D eigenvalue weighted by atomic mass is 9.84. The van der Waals surface area contributed by atoms with E-state index in [1.54, 1.807) is 0 Å². The highest BCUT2D eigenvalue weighted by atomic mass is 16.2. The van der Waals surface area contributed by atoms with E-state index in [1.807, 2.05) is 11.8 Å². The Balaban J connectivity index is 2.44. The van der Waals surface area contributed by atoms with Crippen molar-refractivity contribution in [1.29, 1.82) is 0 Å². The van der Waals surface area contributed by atoms with Crippen molar-refractivity contribution in [3.63, 3.8) is 0 Å². The zero-order valence-electron chi connectivity index (χ0n) is 10.6. The van der Waals surface area contributed by atoms with Gasteiger partial charge in [-0.15, -0.1) is 0 Å². The van der Waals surface area contributed by atoms with Crippen molar-refractivity contribution in [2.45, 2.75) is 46.1 Å². The predicted molar refractivity (Wildman–Crippen MR) is 64.3 cm³/mol. The Labute approximate surface area is 96.9 Å². The van der Waals surface area contributed by atoms with Gasteiger partial charge >= 0.3 is 6.03 Å². The summed E-state index contributed by atoms with van der Waals surface area (Å²) in [6.45, 7) is 9.33. The van der Waals surface area contributed by atoms with Crippen LogP contribution >= 0.6 is 0 Å². The van der Waals surface area contributed by atoms with Crippen LogP contribution in [0.5, 0.6) is 0 Å². The summed E-state index contributed by atoms with van der Waals surface area (Å²) in [5.74, 6) is 0.912. The molecule has 1 saturated carbocycles. The van der Waals surface area contributed by atoms with Crippen molar-refractivity contribution in [3.05, 3.63) is 0 Å². The topological polar surface area (TPSA) is 58.7 Å². The van der Waals surface area contributed by atoms with E-state index in [-0.39, 0.29) is 17.0 Å². The van der Waals surface area contributed by atoms with Gasteiger partial charge in [-0.3, -0.25) is 0 Å². The van der Waals surface area contributed by atoms with Gasteiger partial charge in [0.1, 0.15) is 11.4 Å². The fraction of sp³-hybridized carbons (Fsp3) is 0.833. The van der Waals surface area contributed by atoms with Crippen LogP contribution < -0.4 is 5.73 Å². The van der Waals surface area contributed by atoms with E-state index >= 15 is 0 Å². The molecule has 2 N–H and O–H groups in total. The fourth-order valence-electron chi connectivity index (χ4n) is 3.66. The van der Waals surface area contributed by atoms with Gasteiger partial charge < -0.3 is 10.6 Å². The van der Waals surface area contributed by atoms with E-state index in [4.69, 9.17) is 5.73 Å². The van der Waals surface area contributed by atoms with Gasteiger partial charge in [-0.1, -0.05) is 20.8 Å². The van der Waals surface area contributed by atoms with Crippen LogP contribution in [0.4, 0.5) is 4.79 Å². The van der Waals surface area contributed by atoms with Gasteiger partial charge in [0.15, 0.2) is 0 Å². The van der Waals surface area contributed by atoms with Gasteiger partial charge in [0.25, 0.3) is 0 Å². The lowest BCUT2D eigenvalue weighted by Gasteiger charge is -2.38. The second-order valence-corrected chi connectivity index (χ2v) is 5.89. The summed E-state index contributed by atoms with van der Waals surface area (Å²) in [5, 5.41) is 0. The molecule has 2 amide bonds. The molecular weight excluding hydrogens is 202 g/mol. The van der Waals surface area contributed by atoms with Crippen molar-refractivity contribution < 1.29 is 4.79 Å². The summed E-state index contributed by atoms with van der Waals surface area (Å²) >= 11 is 0. The molecule has 0 aromatic rings. The minimum absolute atomic E-state index is 0.162. The van der Waals surface area contributed by atoms with E-state index in [2.05, 4.69) is 25.8 Å². The molecule has 2 atom stereocenters. The number of amides is 2. The summed E-state index contributed by atoms with van der Waals surface area (Å²) in [4.78, 5) is 17.6. The summed E-state index contributed by atoms with van der Waals surface area (Å²) in [6, 6.07) is -0.162. The molecule has 0 aromatic heterocycles. The van der Waals surface area contributed by atoms with Gasteiger partial charge in [-0.25, -0.2) is 4.79 Å². The van der Waals surface area contributed by atoms with E-state index in [9.17, 15) is 4.79 Å². The van der Waals surface area contributed by atoms with Crippen LogP contribution in [0.1, 0.15) is 40.5 Å². The van der Waals surface area contributed by atoms with E-state index < -0.39 is 0 Å². The molecule has 1 fully saturated rings. The third-order valence-corrected chi connectivity index (χ3v) is 4.11. The molecule has 16 heavy (non-hydrogen) atoms. The zero-order chi connectivity index (χ0) is 12.1. The second-order valence-electron chi connectivity index (χ2n) is 5.89. The van der Waals surface area contributed by atoms with Crippen LogP contribution in [0.2, 0.25) is 0 Å². The van der Waals surface area contributed by atoms with Gasteiger partial charge in [0, 0.05) is 6.54 Å². The third-order valence-electron chi connectivity index (χ3n) is 4.11. The number of hydrogen-bond donors (Lipinski definition) is 1. The largest absolute Gasteiger partial charge is 0.385 e. The first-order valence-electron chi connectivity index (χ1n) is 6.00. The number of urea groups is 1. The number of carbonyl (C=O) groups excluding carboxylic acids is 1. The average molecular weight is 223 g/mol. The SMILES string of the molecule is CCN1C(=O)N=C(N)C12CC(C)(C)CC2C. The molecule has 4 nitrogen and oxygen atoms in total. The quantitative estimate of drug-likeness (QED) is 0.739. The van der Waals surface area contributed by atoms with Crippen LogP contribution in [0, 0.1) is 11.3 Å². The van der Waals surface area contributed by atoms with E-state index in [0.29, 0.717) is 18.3 Å². The molecule has 2 unspecified atom stereocenters. The van der Waals surface area contributed by atoms with Gasteiger partial charge in [0.2, 0.25) is 0 Å². The number of amidine groups is 1. The highest BCUT2D eigenvalue weighted by molar-refractivity contribution is 6.06. The highest BCUT2D eigenvalue weighted by Crippen LogP contribution is 2.52. The molecule has 1 heterocycles. The Morgan fingerprint density at radius 3 is 2.62 bits per heavy atom. The molecule has 0 aromatic carbocycles. The zero-order valence-corrected chi connectivity index (χ0v) is 10.6. The molecule has 90 valence electrons. The minimum atomic E-state index is -0.310. The average Bonchev–Trinajstić information content (AvgIpc) is 2.50. The first-order chi connectivity index (χ1) is 7.33. The van der Waals surface area contributed by atoms with Crippen LogP contribution in [-0.2, 0) is 0 Å². The summed E-state index contributed by atoms with van der Waals surface area (Å²) in [6.07, 6.45) is 2.02. The number of carbonyl (C=O) groups is 1. The van der Waals surface area contributed by atoms with Crippen molar-refractivity contribution in [1.82, 2.24) is 4.90 Å². The van der Waals surface area contributed by atoms with E-state index in [1.165, 1.54) is 0 Å². The van der Waals surface area contributed by atoms with Crippen molar-refractivity contribution in [2.75, 3.05) is 6.54 Å². The first kappa shape index (κ1) is 11.4. The van der Waals surface area contributed by atoms with Gasteiger partial charge in [0.05, 0.1) is 0 Å². The summed E-state index contributed by atoms with van der Waals surface area (Å²) in [7, 11) is 0. The Hall–Kier alpha value is -1.06. The predicted octanol–water partition coefficient (Wildman–Crippen LogP) is 1.99.